The summed E-state index contributed by atoms with van der Waals surface area (Å²) in [5, 5.41) is 8.42. The van der Waals surface area contributed by atoms with Crippen molar-refractivity contribution in [2.45, 2.75) is 44.1 Å². The number of urea groups is 1. The summed E-state index contributed by atoms with van der Waals surface area (Å²) in [4.78, 5) is 51.5. The first-order valence-electron chi connectivity index (χ1n) is 11.9. The van der Waals surface area contributed by atoms with Crippen LogP contribution in [0.15, 0.2) is 42.5 Å². The van der Waals surface area contributed by atoms with Crippen molar-refractivity contribution in [1.29, 1.82) is 0 Å². The third kappa shape index (κ3) is 5.12. The molecule has 10 nitrogen and oxygen atoms in total. The van der Waals surface area contributed by atoms with Crippen LogP contribution in [0.3, 0.4) is 0 Å². The average molecular weight is 495 g/mol. The van der Waals surface area contributed by atoms with E-state index >= 15 is 0 Å². The lowest BCUT2D eigenvalue weighted by molar-refractivity contribution is -0.131. The Hall–Kier alpha value is -4.08. The number of imide groups is 1. The van der Waals surface area contributed by atoms with E-state index in [0.717, 1.165) is 12.8 Å². The van der Waals surface area contributed by atoms with Crippen LogP contribution < -0.4 is 25.4 Å². The fraction of sp³-hybridized carbons (Fsp3) is 0.385. The molecule has 1 aliphatic carbocycles. The maximum absolute atomic E-state index is 12.7. The zero-order valence-electron chi connectivity index (χ0n) is 20.4. The van der Waals surface area contributed by atoms with E-state index in [9.17, 15) is 19.2 Å². The number of anilines is 2. The molecule has 10 heteroatoms. The van der Waals surface area contributed by atoms with E-state index in [-0.39, 0.29) is 36.7 Å². The highest BCUT2D eigenvalue weighted by Crippen LogP contribution is 2.37. The summed E-state index contributed by atoms with van der Waals surface area (Å²) in [6.45, 7) is 0.171. The van der Waals surface area contributed by atoms with Crippen molar-refractivity contribution in [3.63, 3.8) is 0 Å². The predicted molar refractivity (Wildman–Crippen MR) is 133 cm³/mol. The SMILES string of the molecule is COc1cc(NC(=O)c2ccccc2)c(OC)cc1NC(=O)CCCN1C(=O)NC2(CCCC2)C1=O. The quantitative estimate of drug-likeness (QED) is 0.458. The number of carbonyl (C=O) groups is 4. The minimum atomic E-state index is -0.749. The first-order valence-corrected chi connectivity index (χ1v) is 11.9. The number of methoxy groups -OCH3 is 2. The fourth-order valence-electron chi connectivity index (χ4n) is 4.68. The molecule has 1 aliphatic heterocycles. The van der Waals surface area contributed by atoms with Gasteiger partial charge in [-0.2, -0.15) is 0 Å². The van der Waals surface area contributed by atoms with Crippen LogP contribution in [-0.4, -0.2) is 55.0 Å². The molecule has 1 saturated heterocycles. The molecule has 3 N–H and O–H groups in total. The van der Waals surface area contributed by atoms with E-state index in [2.05, 4.69) is 16.0 Å². The molecule has 1 saturated carbocycles. The van der Waals surface area contributed by atoms with Gasteiger partial charge < -0.3 is 25.4 Å². The number of ether oxygens (including phenoxy) is 2. The molecule has 1 heterocycles. The summed E-state index contributed by atoms with van der Waals surface area (Å²) < 4.78 is 10.8. The van der Waals surface area contributed by atoms with Crippen LogP contribution in [0.2, 0.25) is 0 Å². The third-order valence-corrected chi connectivity index (χ3v) is 6.57. The van der Waals surface area contributed by atoms with E-state index in [1.165, 1.54) is 19.1 Å². The van der Waals surface area contributed by atoms with Crippen LogP contribution >= 0.6 is 0 Å². The lowest BCUT2D eigenvalue weighted by Gasteiger charge is -2.20. The summed E-state index contributed by atoms with van der Waals surface area (Å²) in [7, 11) is 2.91. The molecule has 2 aliphatic rings. The first kappa shape index (κ1) is 25.0. The summed E-state index contributed by atoms with van der Waals surface area (Å²) in [6.07, 6.45) is 3.59. The molecule has 2 aromatic rings. The second-order valence-corrected chi connectivity index (χ2v) is 8.90. The minimum absolute atomic E-state index is 0.0992. The van der Waals surface area contributed by atoms with Crippen molar-refractivity contribution in [2.75, 3.05) is 31.4 Å². The molecule has 0 unspecified atom stereocenters. The standard InChI is InChI=1S/C26H30N4O6/c1-35-20-16-19(28-23(32)17-9-4-3-5-10-17)21(36-2)15-18(20)27-22(31)11-8-14-30-24(33)26(29-25(30)34)12-6-7-13-26/h3-5,9-10,15-16H,6-8,11-14H2,1-2H3,(H,27,31)(H,28,32)(H,29,34). The second-order valence-electron chi connectivity index (χ2n) is 8.90. The Kier molecular flexibility index (Phi) is 7.42. The minimum Gasteiger partial charge on any atom is -0.494 e. The van der Waals surface area contributed by atoms with Gasteiger partial charge in [0.1, 0.15) is 17.0 Å². The fourth-order valence-corrected chi connectivity index (χ4v) is 4.68. The van der Waals surface area contributed by atoms with Gasteiger partial charge in [-0.1, -0.05) is 31.0 Å². The molecule has 190 valence electrons. The molecule has 2 aromatic carbocycles. The zero-order valence-corrected chi connectivity index (χ0v) is 20.4. The van der Waals surface area contributed by atoms with E-state index in [4.69, 9.17) is 9.47 Å². The van der Waals surface area contributed by atoms with Crippen LogP contribution in [0, 0.1) is 0 Å². The van der Waals surface area contributed by atoms with Gasteiger partial charge >= 0.3 is 6.03 Å². The number of nitrogens with one attached hydrogen (secondary N) is 3. The number of hydrogen-bond donors (Lipinski definition) is 3. The smallest absolute Gasteiger partial charge is 0.325 e. The van der Waals surface area contributed by atoms with Gasteiger partial charge in [0, 0.05) is 30.7 Å². The van der Waals surface area contributed by atoms with Gasteiger partial charge in [-0.05, 0) is 31.4 Å². The molecule has 2 fully saturated rings. The highest BCUT2D eigenvalue weighted by atomic mass is 16.5. The van der Waals surface area contributed by atoms with E-state index < -0.39 is 5.54 Å². The summed E-state index contributed by atoms with van der Waals surface area (Å²) in [6, 6.07) is 11.5. The lowest BCUT2D eigenvalue weighted by Crippen LogP contribution is -2.44. The molecule has 0 bridgehead atoms. The first-order chi connectivity index (χ1) is 17.4. The molecular weight excluding hydrogens is 464 g/mol. The van der Waals surface area contributed by atoms with Gasteiger partial charge in [-0.15, -0.1) is 0 Å². The van der Waals surface area contributed by atoms with Gasteiger partial charge in [0.25, 0.3) is 11.8 Å². The molecule has 4 rings (SSSR count). The molecule has 36 heavy (non-hydrogen) atoms. The predicted octanol–water partition coefficient (Wildman–Crippen LogP) is 3.54. The van der Waals surface area contributed by atoms with Crippen LogP contribution in [0.5, 0.6) is 11.5 Å². The maximum atomic E-state index is 12.7. The number of amides is 5. The third-order valence-electron chi connectivity index (χ3n) is 6.57. The molecule has 0 atom stereocenters. The van der Waals surface area contributed by atoms with Crippen molar-refractivity contribution in [3.8, 4) is 11.5 Å². The van der Waals surface area contributed by atoms with Gasteiger partial charge in [0.15, 0.2) is 0 Å². The zero-order chi connectivity index (χ0) is 25.7. The normalized spacial score (nSPS) is 16.1. The highest BCUT2D eigenvalue weighted by Gasteiger charge is 2.52. The van der Waals surface area contributed by atoms with Gasteiger partial charge in [-0.25, -0.2) is 4.79 Å². The number of nitrogens with zero attached hydrogens (tertiary/aromatic N) is 1. The molecular formula is C26H30N4O6. The van der Waals surface area contributed by atoms with Crippen LogP contribution in [0.1, 0.15) is 48.9 Å². The van der Waals surface area contributed by atoms with Gasteiger partial charge in [0.2, 0.25) is 5.91 Å². The van der Waals surface area contributed by atoms with Crippen molar-refractivity contribution in [1.82, 2.24) is 10.2 Å². The van der Waals surface area contributed by atoms with Crippen LogP contribution in [-0.2, 0) is 9.59 Å². The Balaban J connectivity index is 1.37. The van der Waals surface area contributed by atoms with E-state index in [1.54, 1.807) is 36.4 Å². The number of hydrogen-bond acceptors (Lipinski definition) is 6. The van der Waals surface area contributed by atoms with Gasteiger partial charge in [0.05, 0.1) is 25.6 Å². The highest BCUT2D eigenvalue weighted by molar-refractivity contribution is 6.07. The van der Waals surface area contributed by atoms with E-state index in [0.29, 0.717) is 47.7 Å². The number of benzene rings is 2. The van der Waals surface area contributed by atoms with Crippen LogP contribution in [0.4, 0.5) is 16.2 Å². The van der Waals surface area contributed by atoms with E-state index in [1.807, 2.05) is 6.07 Å². The number of rotatable bonds is 9. The molecule has 0 aromatic heterocycles. The summed E-state index contributed by atoms with van der Waals surface area (Å²) >= 11 is 0. The molecule has 5 amide bonds. The largest absolute Gasteiger partial charge is 0.494 e. The maximum Gasteiger partial charge on any atom is 0.325 e. The topological polar surface area (TPSA) is 126 Å². The Morgan fingerprint density at radius 3 is 2.19 bits per heavy atom. The van der Waals surface area contributed by atoms with Crippen molar-refractivity contribution < 1.29 is 28.7 Å². The van der Waals surface area contributed by atoms with Crippen molar-refractivity contribution >= 4 is 35.1 Å². The second kappa shape index (κ2) is 10.7. The summed E-state index contributed by atoms with van der Waals surface area (Å²) in [5.74, 6) is -0.127. The lowest BCUT2D eigenvalue weighted by atomic mass is 9.98. The molecule has 1 spiro atoms. The van der Waals surface area contributed by atoms with Gasteiger partial charge in [-0.3, -0.25) is 19.3 Å². The van der Waals surface area contributed by atoms with Crippen molar-refractivity contribution in [2.24, 2.45) is 0 Å². The summed E-state index contributed by atoms with van der Waals surface area (Å²) in [5.41, 5.74) is 0.499. The Morgan fingerprint density at radius 2 is 1.58 bits per heavy atom. The average Bonchev–Trinajstić information content (AvgIpc) is 3.44. The Labute approximate surface area is 209 Å². The Morgan fingerprint density at radius 1 is 0.972 bits per heavy atom. The Bertz CT molecular complexity index is 1160. The monoisotopic (exact) mass is 494 g/mol. The van der Waals surface area contributed by atoms with Crippen LogP contribution in [0.25, 0.3) is 0 Å². The van der Waals surface area contributed by atoms with Crippen molar-refractivity contribution in [3.05, 3.63) is 48.0 Å². The molecule has 0 radical (unpaired) electrons. The number of carbonyl (C=O) groups excluding carboxylic acids is 4.